The first-order chi connectivity index (χ1) is 7.24. The van der Waals surface area contributed by atoms with E-state index in [0.29, 0.717) is 22.8 Å². The topological polar surface area (TPSA) is 52.2 Å². The summed E-state index contributed by atoms with van der Waals surface area (Å²) in [6.07, 6.45) is 0. The van der Waals surface area contributed by atoms with Gasteiger partial charge in [0.2, 0.25) is 0 Å². The van der Waals surface area contributed by atoms with Crippen LogP contribution in [0.1, 0.15) is 0 Å². The highest BCUT2D eigenvalue weighted by atomic mass is 79.9. The van der Waals surface area contributed by atoms with Crippen LogP contribution < -0.4 is 11.3 Å². The third-order valence-corrected chi connectivity index (χ3v) is 2.44. The minimum absolute atomic E-state index is 0.304. The second-order valence-corrected chi connectivity index (χ2v) is 3.80. The van der Waals surface area contributed by atoms with Crippen molar-refractivity contribution in [1.29, 1.82) is 0 Å². The summed E-state index contributed by atoms with van der Waals surface area (Å²) in [5, 5.41) is 0.966. The highest BCUT2D eigenvalue weighted by molar-refractivity contribution is 9.09. The van der Waals surface area contributed by atoms with Crippen LogP contribution in [0.4, 0.5) is 0 Å². The molecule has 5 heteroatoms. The fourth-order valence-corrected chi connectivity index (χ4v) is 1.74. The van der Waals surface area contributed by atoms with Gasteiger partial charge < -0.3 is 4.42 Å². The monoisotopic (exact) mass is 269 g/mol. The molecule has 1 heterocycles. The van der Waals surface area contributed by atoms with Crippen molar-refractivity contribution in [3.63, 3.8) is 0 Å². The lowest BCUT2D eigenvalue weighted by atomic mass is 10.2. The average Bonchev–Trinajstić information content (AvgIpc) is 2.24. The summed E-state index contributed by atoms with van der Waals surface area (Å²) < 4.78 is 6.09. The third-order valence-electron chi connectivity index (χ3n) is 2.09. The molecule has 0 unspecified atom stereocenters. The Labute approximate surface area is 93.3 Å². The van der Waals surface area contributed by atoms with Crippen LogP contribution in [-0.2, 0) is 6.54 Å². The van der Waals surface area contributed by atoms with E-state index in [1.54, 1.807) is 24.3 Å². The van der Waals surface area contributed by atoms with E-state index >= 15 is 0 Å². The van der Waals surface area contributed by atoms with Crippen LogP contribution in [0.15, 0.2) is 38.3 Å². The van der Waals surface area contributed by atoms with E-state index in [1.807, 2.05) is 0 Å². The number of fused-ring (bicyclic) bond motifs is 1. The Hall–Kier alpha value is -1.36. The number of hydrogen-bond acceptors (Lipinski definition) is 3. The molecule has 0 saturated heterocycles. The summed E-state index contributed by atoms with van der Waals surface area (Å²) in [6, 6.07) is 6.71. The van der Waals surface area contributed by atoms with Gasteiger partial charge in [-0.05, 0) is 12.1 Å². The number of halogens is 1. The van der Waals surface area contributed by atoms with Crippen molar-refractivity contribution in [2.24, 2.45) is 0 Å². The molecule has 0 saturated carbocycles. The van der Waals surface area contributed by atoms with E-state index in [1.165, 1.54) is 0 Å². The first-order valence-electron chi connectivity index (χ1n) is 4.42. The molecule has 1 aromatic heterocycles. The number of para-hydroxylation sites is 1. The Morgan fingerprint density at radius 3 is 2.73 bits per heavy atom. The maximum Gasteiger partial charge on any atom is 0.422 e. The van der Waals surface area contributed by atoms with Crippen LogP contribution in [0.25, 0.3) is 11.0 Å². The molecule has 1 aromatic carbocycles. The number of rotatable bonds is 2. The molecule has 2 aromatic rings. The van der Waals surface area contributed by atoms with Crippen LogP contribution in [0.2, 0.25) is 0 Å². The molecule has 0 bridgehead atoms. The SMILES string of the molecule is O=c1oc2ccccc2c(=O)n1CCBr. The molecule has 0 N–H and O–H groups in total. The van der Waals surface area contributed by atoms with E-state index in [0.717, 1.165) is 4.57 Å². The van der Waals surface area contributed by atoms with E-state index in [2.05, 4.69) is 15.9 Å². The third kappa shape index (κ3) is 1.74. The summed E-state index contributed by atoms with van der Waals surface area (Å²) in [5.74, 6) is -0.613. The van der Waals surface area contributed by atoms with Crippen LogP contribution >= 0.6 is 15.9 Å². The van der Waals surface area contributed by atoms with Crippen LogP contribution in [0.3, 0.4) is 0 Å². The first kappa shape index (κ1) is 10.2. The lowest BCUT2D eigenvalue weighted by Crippen LogP contribution is -2.32. The highest BCUT2D eigenvalue weighted by Crippen LogP contribution is 2.05. The summed E-state index contributed by atoms with van der Waals surface area (Å²) in [5.41, 5.74) is 0.0274. The van der Waals surface area contributed by atoms with Gasteiger partial charge in [0, 0.05) is 11.9 Å². The van der Waals surface area contributed by atoms with Gasteiger partial charge in [-0.3, -0.25) is 4.79 Å². The fraction of sp³-hybridized carbons (Fsp3) is 0.200. The van der Waals surface area contributed by atoms with Gasteiger partial charge in [0.15, 0.2) is 0 Å². The van der Waals surface area contributed by atoms with Crippen LogP contribution in [-0.4, -0.2) is 9.90 Å². The smallest absolute Gasteiger partial charge is 0.409 e. The van der Waals surface area contributed by atoms with Gasteiger partial charge in [-0.2, -0.15) is 0 Å². The zero-order valence-corrected chi connectivity index (χ0v) is 9.36. The van der Waals surface area contributed by atoms with Crippen molar-refractivity contribution in [3.05, 3.63) is 45.2 Å². The van der Waals surface area contributed by atoms with Gasteiger partial charge in [-0.1, -0.05) is 28.1 Å². The van der Waals surface area contributed by atoms with Crippen molar-refractivity contribution < 1.29 is 4.42 Å². The molecular weight excluding hydrogens is 262 g/mol. The molecule has 78 valence electrons. The molecule has 0 amide bonds. The number of alkyl halides is 1. The standard InChI is InChI=1S/C10H8BrNO3/c11-5-6-12-9(13)7-3-1-2-4-8(7)15-10(12)14/h1-4H,5-6H2. The quantitative estimate of drug-likeness (QED) is 0.774. The summed E-state index contributed by atoms with van der Waals surface area (Å²) >= 11 is 3.18. The number of benzene rings is 1. The van der Waals surface area contributed by atoms with E-state index in [9.17, 15) is 9.59 Å². The maximum absolute atomic E-state index is 11.8. The van der Waals surface area contributed by atoms with Gasteiger partial charge in [-0.15, -0.1) is 0 Å². The zero-order chi connectivity index (χ0) is 10.8. The maximum atomic E-state index is 11.8. The molecule has 0 aliphatic rings. The Bertz CT molecular complexity index is 599. The molecule has 0 aliphatic heterocycles. The van der Waals surface area contributed by atoms with Gasteiger partial charge in [0.1, 0.15) is 5.58 Å². The van der Waals surface area contributed by atoms with Crippen molar-refractivity contribution in [2.75, 3.05) is 5.33 Å². The molecule has 0 spiro atoms. The number of nitrogens with zero attached hydrogens (tertiary/aromatic N) is 1. The molecule has 15 heavy (non-hydrogen) atoms. The van der Waals surface area contributed by atoms with Gasteiger partial charge in [0.05, 0.1) is 5.39 Å². The van der Waals surface area contributed by atoms with Crippen molar-refractivity contribution in [1.82, 2.24) is 4.57 Å². The Morgan fingerprint density at radius 2 is 2.00 bits per heavy atom. The van der Waals surface area contributed by atoms with Crippen molar-refractivity contribution >= 4 is 26.9 Å². The Morgan fingerprint density at radius 1 is 1.27 bits per heavy atom. The highest BCUT2D eigenvalue weighted by Gasteiger charge is 2.07. The molecule has 2 rings (SSSR count). The molecule has 0 fully saturated rings. The van der Waals surface area contributed by atoms with Crippen LogP contribution in [0.5, 0.6) is 0 Å². The summed E-state index contributed by atoms with van der Waals surface area (Å²) in [4.78, 5) is 23.2. The van der Waals surface area contributed by atoms with E-state index in [4.69, 9.17) is 4.42 Å². The molecule has 0 radical (unpaired) electrons. The predicted molar refractivity (Wildman–Crippen MR) is 60.5 cm³/mol. The van der Waals surface area contributed by atoms with Crippen molar-refractivity contribution in [2.45, 2.75) is 6.54 Å². The second-order valence-electron chi connectivity index (χ2n) is 3.01. The summed E-state index contributed by atoms with van der Waals surface area (Å²) in [6.45, 7) is 0.312. The van der Waals surface area contributed by atoms with E-state index in [-0.39, 0.29) is 5.56 Å². The summed E-state index contributed by atoms with van der Waals surface area (Å²) in [7, 11) is 0. The number of hydrogen-bond donors (Lipinski definition) is 0. The first-order valence-corrected chi connectivity index (χ1v) is 5.55. The fourth-order valence-electron chi connectivity index (χ4n) is 1.39. The molecule has 0 aliphatic carbocycles. The normalized spacial score (nSPS) is 10.7. The van der Waals surface area contributed by atoms with Gasteiger partial charge >= 0.3 is 5.76 Å². The minimum atomic E-state index is -0.613. The largest absolute Gasteiger partial charge is 0.422 e. The predicted octanol–water partition coefficient (Wildman–Crippen LogP) is 1.35. The molecule has 0 atom stereocenters. The molecular formula is C10H8BrNO3. The van der Waals surface area contributed by atoms with E-state index < -0.39 is 5.76 Å². The zero-order valence-electron chi connectivity index (χ0n) is 7.77. The van der Waals surface area contributed by atoms with Crippen molar-refractivity contribution in [3.8, 4) is 0 Å². The minimum Gasteiger partial charge on any atom is -0.409 e. The second kappa shape index (κ2) is 4.02. The number of aromatic nitrogens is 1. The Kier molecular flexibility index (Phi) is 2.73. The van der Waals surface area contributed by atoms with Gasteiger partial charge in [-0.25, -0.2) is 9.36 Å². The average molecular weight is 270 g/mol. The van der Waals surface area contributed by atoms with Gasteiger partial charge in [0.25, 0.3) is 5.56 Å². The molecule has 4 nitrogen and oxygen atoms in total. The lowest BCUT2D eigenvalue weighted by Gasteiger charge is -2.01. The lowest BCUT2D eigenvalue weighted by molar-refractivity contribution is 0.467. The van der Waals surface area contributed by atoms with Crippen LogP contribution in [0, 0.1) is 0 Å². The Balaban J connectivity index is 2.85.